The van der Waals surface area contributed by atoms with Crippen LogP contribution in [0.1, 0.15) is 46.5 Å². The Hall–Kier alpha value is -1.02. The fraction of sp³-hybridized carbons (Fsp3) is 0.684. The van der Waals surface area contributed by atoms with Crippen molar-refractivity contribution >= 4 is 5.69 Å². The van der Waals surface area contributed by atoms with E-state index in [1.165, 1.54) is 51.0 Å². The molecule has 0 aliphatic carbocycles. The first-order chi connectivity index (χ1) is 10.1. The van der Waals surface area contributed by atoms with Crippen LogP contribution in [0.25, 0.3) is 0 Å². The summed E-state index contributed by atoms with van der Waals surface area (Å²) in [4.78, 5) is 2.60. The summed E-state index contributed by atoms with van der Waals surface area (Å²) in [6.45, 7) is 11.9. The predicted molar refractivity (Wildman–Crippen MR) is 92.9 cm³/mol. The molecule has 2 heteroatoms. The number of benzene rings is 1. The highest BCUT2D eigenvalue weighted by molar-refractivity contribution is 5.46. The van der Waals surface area contributed by atoms with E-state index in [4.69, 9.17) is 0 Å². The lowest BCUT2D eigenvalue weighted by Crippen LogP contribution is -2.45. The number of nitrogens with one attached hydrogen (secondary N) is 1. The third kappa shape index (κ3) is 4.74. The topological polar surface area (TPSA) is 15.3 Å². The normalized spacial score (nSPS) is 19.5. The molecule has 0 saturated carbocycles. The number of unbranched alkanes of at least 4 members (excludes halogenated alkanes) is 1. The molecule has 1 aromatic carbocycles. The second-order valence-electron chi connectivity index (χ2n) is 7.14. The van der Waals surface area contributed by atoms with Crippen LogP contribution in [-0.4, -0.2) is 26.2 Å². The van der Waals surface area contributed by atoms with Crippen molar-refractivity contribution in [1.29, 1.82) is 0 Å². The zero-order chi connectivity index (χ0) is 15.1. The average Bonchev–Trinajstić information content (AvgIpc) is 2.53. The molecule has 21 heavy (non-hydrogen) atoms. The zero-order valence-corrected chi connectivity index (χ0v) is 14.1. The van der Waals surface area contributed by atoms with Crippen LogP contribution in [-0.2, 0) is 0 Å². The summed E-state index contributed by atoms with van der Waals surface area (Å²) in [5.41, 5.74) is 1.74. The van der Waals surface area contributed by atoms with E-state index in [1.54, 1.807) is 0 Å². The van der Waals surface area contributed by atoms with Crippen molar-refractivity contribution in [3.63, 3.8) is 0 Å². The van der Waals surface area contributed by atoms with Gasteiger partial charge in [0.2, 0.25) is 0 Å². The molecule has 0 amide bonds. The largest absolute Gasteiger partial charge is 0.371 e. The van der Waals surface area contributed by atoms with Gasteiger partial charge in [-0.25, -0.2) is 0 Å². The first kappa shape index (κ1) is 16.4. The van der Waals surface area contributed by atoms with E-state index >= 15 is 0 Å². The standard InChI is InChI=1S/C19H32N2/c1-4-5-14-21(18-11-7-6-8-12-18)16-19(2,3)17-10-9-13-20-15-17/h6-8,11-12,17,20H,4-5,9-10,13-16H2,1-3H3. The van der Waals surface area contributed by atoms with Gasteiger partial charge in [-0.05, 0) is 55.8 Å². The number of para-hydroxylation sites is 1. The van der Waals surface area contributed by atoms with Crippen molar-refractivity contribution in [2.24, 2.45) is 11.3 Å². The first-order valence-electron chi connectivity index (χ1n) is 8.64. The lowest BCUT2D eigenvalue weighted by molar-refractivity contribution is 0.176. The second kappa shape index (κ2) is 7.84. The van der Waals surface area contributed by atoms with Gasteiger partial charge < -0.3 is 10.2 Å². The van der Waals surface area contributed by atoms with Crippen molar-refractivity contribution in [2.75, 3.05) is 31.1 Å². The molecule has 1 aliphatic rings. The van der Waals surface area contributed by atoms with Crippen LogP contribution >= 0.6 is 0 Å². The third-order valence-corrected chi connectivity index (χ3v) is 4.90. The molecule has 1 heterocycles. The molecule has 1 aliphatic heterocycles. The van der Waals surface area contributed by atoms with Gasteiger partial charge in [0.15, 0.2) is 0 Å². The van der Waals surface area contributed by atoms with Crippen LogP contribution in [0.2, 0.25) is 0 Å². The second-order valence-corrected chi connectivity index (χ2v) is 7.14. The summed E-state index contributed by atoms with van der Waals surface area (Å²) < 4.78 is 0. The van der Waals surface area contributed by atoms with E-state index in [2.05, 4.69) is 61.3 Å². The SMILES string of the molecule is CCCCN(CC(C)(C)C1CCCNC1)c1ccccc1. The Morgan fingerprint density at radius 1 is 1.24 bits per heavy atom. The van der Waals surface area contributed by atoms with Gasteiger partial charge in [0.1, 0.15) is 0 Å². The van der Waals surface area contributed by atoms with Gasteiger partial charge >= 0.3 is 0 Å². The molecule has 0 aromatic heterocycles. The lowest BCUT2D eigenvalue weighted by atomic mass is 9.74. The predicted octanol–water partition coefficient (Wildman–Crippen LogP) is 4.32. The molecule has 1 saturated heterocycles. The summed E-state index contributed by atoms with van der Waals surface area (Å²) >= 11 is 0. The van der Waals surface area contributed by atoms with Gasteiger partial charge in [0.25, 0.3) is 0 Å². The minimum Gasteiger partial charge on any atom is -0.371 e. The fourth-order valence-corrected chi connectivity index (χ4v) is 3.43. The van der Waals surface area contributed by atoms with Crippen molar-refractivity contribution in [2.45, 2.75) is 46.5 Å². The highest BCUT2D eigenvalue weighted by atomic mass is 15.1. The molecule has 1 unspecified atom stereocenters. The van der Waals surface area contributed by atoms with Gasteiger partial charge in [0, 0.05) is 18.8 Å². The maximum absolute atomic E-state index is 3.58. The van der Waals surface area contributed by atoms with Crippen LogP contribution in [0.15, 0.2) is 30.3 Å². The van der Waals surface area contributed by atoms with Gasteiger partial charge in [0.05, 0.1) is 0 Å². The Morgan fingerprint density at radius 3 is 2.62 bits per heavy atom. The van der Waals surface area contributed by atoms with Crippen molar-refractivity contribution in [3.8, 4) is 0 Å². The fourth-order valence-electron chi connectivity index (χ4n) is 3.43. The Morgan fingerprint density at radius 2 is 2.00 bits per heavy atom. The van der Waals surface area contributed by atoms with E-state index in [0.717, 1.165) is 12.5 Å². The van der Waals surface area contributed by atoms with E-state index in [1.807, 2.05) is 0 Å². The molecule has 1 fully saturated rings. The maximum Gasteiger partial charge on any atom is 0.0366 e. The summed E-state index contributed by atoms with van der Waals surface area (Å²) in [6, 6.07) is 10.9. The zero-order valence-electron chi connectivity index (χ0n) is 14.1. The number of piperidine rings is 1. The van der Waals surface area contributed by atoms with Gasteiger partial charge in [-0.1, -0.05) is 45.4 Å². The molecule has 0 spiro atoms. The van der Waals surface area contributed by atoms with E-state index in [-0.39, 0.29) is 0 Å². The average molecular weight is 288 g/mol. The Balaban J connectivity index is 2.06. The highest BCUT2D eigenvalue weighted by Crippen LogP contribution is 2.34. The third-order valence-electron chi connectivity index (χ3n) is 4.90. The van der Waals surface area contributed by atoms with Gasteiger partial charge in [-0.2, -0.15) is 0 Å². The van der Waals surface area contributed by atoms with Crippen LogP contribution in [0.4, 0.5) is 5.69 Å². The summed E-state index contributed by atoms with van der Waals surface area (Å²) in [7, 11) is 0. The minimum atomic E-state index is 0.358. The summed E-state index contributed by atoms with van der Waals surface area (Å²) in [5.74, 6) is 0.791. The minimum absolute atomic E-state index is 0.358. The maximum atomic E-state index is 3.58. The van der Waals surface area contributed by atoms with Crippen molar-refractivity contribution < 1.29 is 0 Å². The molecular formula is C19H32N2. The van der Waals surface area contributed by atoms with Crippen LogP contribution in [0.5, 0.6) is 0 Å². The van der Waals surface area contributed by atoms with E-state index in [0.29, 0.717) is 5.41 Å². The number of anilines is 1. The molecule has 1 N–H and O–H groups in total. The highest BCUT2D eigenvalue weighted by Gasteiger charge is 2.32. The molecule has 0 radical (unpaired) electrons. The van der Waals surface area contributed by atoms with Gasteiger partial charge in [-0.15, -0.1) is 0 Å². The first-order valence-corrected chi connectivity index (χ1v) is 8.64. The van der Waals surface area contributed by atoms with Crippen molar-refractivity contribution in [3.05, 3.63) is 30.3 Å². The van der Waals surface area contributed by atoms with Crippen LogP contribution in [0.3, 0.4) is 0 Å². The van der Waals surface area contributed by atoms with Crippen LogP contribution < -0.4 is 10.2 Å². The number of rotatable bonds is 7. The summed E-state index contributed by atoms with van der Waals surface area (Å²) in [5, 5.41) is 3.58. The summed E-state index contributed by atoms with van der Waals surface area (Å²) in [6.07, 6.45) is 5.23. The number of hydrogen-bond acceptors (Lipinski definition) is 2. The van der Waals surface area contributed by atoms with Crippen LogP contribution in [0, 0.1) is 11.3 Å². The Bertz CT molecular complexity index is 393. The van der Waals surface area contributed by atoms with Gasteiger partial charge in [-0.3, -0.25) is 0 Å². The Labute approximate surface area is 130 Å². The monoisotopic (exact) mass is 288 g/mol. The smallest absolute Gasteiger partial charge is 0.0366 e. The Kier molecular flexibility index (Phi) is 6.10. The lowest BCUT2D eigenvalue weighted by Gasteiger charge is -2.41. The molecule has 1 aromatic rings. The van der Waals surface area contributed by atoms with E-state index < -0.39 is 0 Å². The molecular weight excluding hydrogens is 256 g/mol. The number of nitrogens with zero attached hydrogens (tertiary/aromatic N) is 1. The molecule has 1 atom stereocenters. The molecule has 118 valence electrons. The number of hydrogen-bond donors (Lipinski definition) is 1. The molecule has 0 bridgehead atoms. The molecule has 2 nitrogen and oxygen atoms in total. The molecule has 2 rings (SSSR count). The van der Waals surface area contributed by atoms with E-state index in [9.17, 15) is 0 Å². The van der Waals surface area contributed by atoms with Crippen molar-refractivity contribution in [1.82, 2.24) is 5.32 Å². The quantitative estimate of drug-likeness (QED) is 0.804.